The van der Waals surface area contributed by atoms with Gasteiger partial charge in [-0.15, -0.1) is 0 Å². The van der Waals surface area contributed by atoms with E-state index >= 15 is 0 Å². The van der Waals surface area contributed by atoms with Crippen LogP contribution in [0.3, 0.4) is 0 Å². The van der Waals surface area contributed by atoms with Crippen molar-refractivity contribution in [3.8, 4) is 11.3 Å². The molecular formula is C19H18ClN3. The first kappa shape index (κ1) is 14.3. The van der Waals surface area contributed by atoms with Crippen LogP contribution in [-0.2, 0) is 0 Å². The fourth-order valence-electron chi connectivity index (χ4n) is 3.34. The monoisotopic (exact) mass is 323 g/mol. The van der Waals surface area contributed by atoms with Crippen LogP contribution in [0.25, 0.3) is 11.3 Å². The number of benzene rings is 2. The number of rotatable bonds is 1. The topological polar surface area (TPSA) is 29.9 Å². The van der Waals surface area contributed by atoms with E-state index in [9.17, 15) is 0 Å². The number of hydrogen-bond donors (Lipinski definition) is 1. The average molecular weight is 324 g/mol. The van der Waals surface area contributed by atoms with Crippen LogP contribution >= 0.6 is 11.6 Å². The van der Waals surface area contributed by atoms with E-state index in [-0.39, 0.29) is 6.17 Å². The molecule has 23 heavy (non-hydrogen) atoms. The lowest BCUT2D eigenvalue weighted by Gasteiger charge is -2.30. The highest BCUT2D eigenvalue weighted by Gasteiger charge is 2.27. The van der Waals surface area contributed by atoms with E-state index in [0.29, 0.717) is 0 Å². The van der Waals surface area contributed by atoms with Gasteiger partial charge in [-0.2, -0.15) is 5.10 Å². The van der Waals surface area contributed by atoms with E-state index in [1.54, 1.807) is 0 Å². The second-order valence-corrected chi connectivity index (χ2v) is 6.65. The Kier molecular flexibility index (Phi) is 3.20. The van der Waals surface area contributed by atoms with Crippen molar-refractivity contribution >= 4 is 17.3 Å². The summed E-state index contributed by atoms with van der Waals surface area (Å²) in [5, 5.41) is 9.11. The summed E-state index contributed by atoms with van der Waals surface area (Å²) in [5.74, 6) is 0. The number of halogens is 1. The number of nitrogens with zero attached hydrogens (tertiary/aromatic N) is 2. The third kappa shape index (κ3) is 2.32. The largest absolute Gasteiger partial charge is 0.359 e. The summed E-state index contributed by atoms with van der Waals surface area (Å²) in [4.78, 5) is 0. The predicted octanol–water partition coefficient (Wildman–Crippen LogP) is 5.10. The highest BCUT2D eigenvalue weighted by Crippen LogP contribution is 2.41. The molecule has 1 aliphatic rings. The van der Waals surface area contributed by atoms with Crippen LogP contribution in [0.5, 0.6) is 0 Å². The van der Waals surface area contributed by atoms with Crippen LogP contribution in [0.15, 0.2) is 42.5 Å². The van der Waals surface area contributed by atoms with Crippen molar-refractivity contribution in [3.05, 3.63) is 69.9 Å². The van der Waals surface area contributed by atoms with E-state index in [1.807, 2.05) is 19.1 Å². The summed E-state index contributed by atoms with van der Waals surface area (Å²) < 4.78 is 2.07. The molecule has 4 rings (SSSR count). The zero-order valence-electron chi connectivity index (χ0n) is 13.4. The lowest BCUT2D eigenvalue weighted by Crippen LogP contribution is -2.26. The van der Waals surface area contributed by atoms with Gasteiger partial charge in [0.1, 0.15) is 6.17 Å². The number of fused-ring (bicyclic) bond motifs is 3. The van der Waals surface area contributed by atoms with Gasteiger partial charge in [0.25, 0.3) is 0 Å². The molecular weight excluding hydrogens is 306 g/mol. The van der Waals surface area contributed by atoms with E-state index in [2.05, 4.69) is 54.2 Å². The minimum absolute atomic E-state index is 0.0233. The first-order valence-corrected chi connectivity index (χ1v) is 8.10. The molecule has 0 saturated carbocycles. The Morgan fingerprint density at radius 1 is 1.04 bits per heavy atom. The van der Waals surface area contributed by atoms with Gasteiger partial charge < -0.3 is 5.32 Å². The summed E-state index contributed by atoms with van der Waals surface area (Å²) in [6.07, 6.45) is -0.0233. The third-order valence-electron chi connectivity index (χ3n) is 4.33. The molecule has 0 spiro atoms. The molecule has 2 aromatic carbocycles. The maximum Gasteiger partial charge on any atom is 0.147 e. The SMILES string of the molecule is Cc1cc(C)c2c(c1)-c1cc(C)nn1C(c1ccc(Cl)cc1)N2. The fourth-order valence-corrected chi connectivity index (χ4v) is 3.47. The highest BCUT2D eigenvalue weighted by atomic mass is 35.5. The molecule has 1 atom stereocenters. The van der Waals surface area contributed by atoms with E-state index in [1.165, 1.54) is 22.4 Å². The zero-order valence-corrected chi connectivity index (χ0v) is 14.1. The fraction of sp³-hybridized carbons (Fsp3) is 0.211. The van der Waals surface area contributed by atoms with Crippen molar-refractivity contribution in [2.24, 2.45) is 0 Å². The molecule has 2 heterocycles. The molecule has 1 unspecified atom stereocenters. The maximum atomic E-state index is 6.04. The molecule has 1 aliphatic heterocycles. The maximum absolute atomic E-state index is 6.04. The van der Waals surface area contributed by atoms with E-state index in [4.69, 9.17) is 16.7 Å². The molecule has 116 valence electrons. The Labute approximate surface area is 140 Å². The van der Waals surface area contributed by atoms with Crippen molar-refractivity contribution in [1.82, 2.24) is 9.78 Å². The van der Waals surface area contributed by atoms with Gasteiger partial charge in [-0.05, 0) is 56.2 Å². The number of aryl methyl sites for hydroxylation is 3. The van der Waals surface area contributed by atoms with Crippen molar-refractivity contribution in [3.63, 3.8) is 0 Å². The van der Waals surface area contributed by atoms with Gasteiger partial charge in [-0.3, -0.25) is 0 Å². The van der Waals surface area contributed by atoms with E-state index < -0.39 is 0 Å². The highest BCUT2D eigenvalue weighted by molar-refractivity contribution is 6.30. The molecule has 0 amide bonds. The van der Waals surface area contributed by atoms with Gasteiger partial charge in [0.05, 0.1) is 11.4 Å². The lowest BCUT2D eigenvalue weighted by molar-refractivity contribution is 0.570. The van der Waals surface area contributed by atoms with Gasteiger partial charge in [-0.25, -0.2) is 4.68 Å². The van der Waals surface area contributed by atoms with Crippen LogP contribution in [0.2, 0.25) is 5.02 Å². The minimum atomic E-state index is -0.0233. The second kappa shape index (κ2) is 5.14. The molecule has 0 bridgehead atoms. The molecule has 1 N–H and O–H groups in total. The Morgan fingerprint density at radius 3 is 2.52 bits per heavy atom. The van der Waals surface area contributed by atoms with Gasteiger partial charge in [0.2, 0.25) is 0 Å². The quantitative estimate of drug-likeness (QED) is 0.675. The third-order valence-corrected chi connectivity index (χ3v) is 4.58. The normalized spacial score (nSPS) is 15.7. The van der Waals surface area contributed by atoms with Crippen LogP contribution in [0.4, 0.5) is 5.69 Å². The Morgan fingerprint density at radius 2 is 1.78 bits per heavy atom. The van der Waals surface area contributed by atoms with Crippen molar-refractivity contribution < 1.29 is 0 Å². The van der Waals surface area contributed by atoms with Crippen molar-refractivity contribution in [2.75, 3.05) is 5.32 Å². The van der Waals surface area contributed by atoms with E-state index in [0.717, 1.165) is 22.0 Å². The van der Waals surface area contributed by atoms with Crippen LogP contribution in [0, 0.1) is 20.8 Å². The molecule has 3 aromatic rings. The van der Waals surface area contributed by atoms with Crippen LogP contribution in [-0.4, -0.2) is 9.78 Å². The summed E-state index contributed by atoms with van der Waals surface area (Å²) in [6.45, 7) is 6.31. The molecule has 4 heteroatoms. The van der Waals surface area contributed by atoms with Crippen molar-refractivity contribution in [2.45, 2.75) is 26.9 Å². The number of anilines is 1. The Hall–Kier alpha value is -2.26. The van der Waals surface area contributed by atoms with Crippen LogP contribution in [0.1, 0.15) is 28.6 Å². The first-order valence-electron chi connectivity index (χ1n) is 7.73. The average Bonchev–Trinajstić information content (AvgIpc) is 2.89. The summed E-state index contributed by atoms with van der Waals surface area (Å²) in [6, 6.07) is 14.5. The zero-order chi connectivity index (χ0) is 16.1. The molecule has 0 aliphatic carbocycles. The smallest absolute Gasteiger partial charge is 0.147 e. The summed E-state index contributed by atoms with van der Waals surface area (Å²) in [5.41, 5.74) is 8.24. The second-order valence-electron chi connectivity index (χ2n) is 6.22. The first-order chi connectivity index (χ1) is 11.0. The minimum Gasteiger partial charge on any atom is -0.359 e. The number of hydrogen-bond acceptors (Lipinski definition) is 2. The predicted molar refractivity (Wildman–Crippen MR) is 95.1 cm³/mol. The van der Waals surface area contributed by atoms with Gasteiger partial charge >= 0.3 is 0 Å². The Bertz CT molecular complexity index is 894. The number of nitrogens with one attached hydrogen (secondary N) is 1. The van der Waals surface area contributed by atoms with Gasteiger partial charge in [-0.1, -0.05) is 35.4 Å². The molecule has 0 saturated heterocycles. The molecule has 0 radical (unpaired) electrons. The van der Waals surface area contributed by atoms with Gasteiger partial charge in [0, 0.05) is 16.3 Å². The van der Waals surface area contributed by atoms with Crippen LogP contribution < -0.4 is 5.32 Å². The lowest BCUT2D eigenvalue weighted by atomic mass is 9.98. The Balaban J connectivity index is 1.93. The van der Waals surface area contributed by atoms with Crippen molar-refractivity contribution in [1.29, 1.82) is 0 Å². The number of aromatic nitrogens is 2. The molecule has 0 fully saturated rings. The summed E-state index contributed by atoms with van der Waals surface area (Å²) in [7, 11) is 0. The molecule has 3 nitrogen and oxygen atoms in total. The standard InChI is InChI=1S/C19H18ClN3/c1-11-8-12(2)18-16(9-11)17-10-13(3)22-23(17)19(21-18)14-4-6-15(20)7-5-14/h4-10,19,21H,1-3H3. The van der Waals surface area contributed by atoms with Gasteiger partial charge in [0.15, 0.2) is 0 Å². The molecule has 1 aromatic heterocycles. The summed E-state index contributed by atoms with van der Waals surface area (Å²) >= 11 is 6.04.